The molecule has 9 heavy (non-hydrogen) atoms. The molecule has 0 aromatic heterocycles. The number of rotatable bonds is 6. The molecule has 0 aromatic carbocycles. The molecule has 0 rings (SSSR count). The van der Waals surface area contributed by atoms with Crippen molar-refractivity contribution in [1.29, 1.82) is 0 Å². The van der Waals surface area contributed by atoms with Gasteiger partial charge in [0.2, 0.25) is 0 Å². The molecule has 0 aliphatic rings. The molecule has 3 nitrogen and oxygen atoms in total. The largest absolute Gasteiger partial charge is 0.499 e. The quantitative estimate of drug-likeness (QED) is 0.303. The van der Waals surface area contributed by atoms with Crippen molar-refractivity contribution in [2.45, 2.75) is 0 Å². The molecule has 0 bridgehead atoms. The van der Waals surface area contributed by atoms with E-state index in [1.807, 2.05) is 0 Å². The number of hydrogen-bond donors (Lipinski definition) is 0. The minimum Gasteiger partial charge on any atom is -0.499 e. The summed E-state index contributed by atoms with van der Waals surface area (Å²) in [5.41, 5.74) is 0. The van der Waals surface area contributed by atoms with Crippen LogP contribution in [0.1, 0.15) is 0 Å². The fourth-order valence-corrected chi connectivity index (χ4v) is 0.333. The highest BCUT2D eigenvalue weighted by Crippen LogP contribution is 1.77. The van der Waals surface area contributed by atoms with Crippen molar-refractivity contribution in [3.8, 4) is 0 Å². The third-order valence-corrected chi connectivity index (χ3v) is 0.665. The molecule has 0 fully saturated rings. The van der Waals surface area contributed by atoms with E-state index in [2.05, 4.69) is 11.3 Å². The van der Waals surface area contributed by atoms with E-state index in [9.17, 15) is 0 Å². The first kappa shape index (κ1) is 8.46. The summed E-state index contributed by atoms with van der Waals surface area (Å²) in [6, 6.07) is 0. The molecular weight excluding hydrogens is 120 g/mol. The third kappa shape index (κ3) is 7.46. The van der Waals surface area contributed by atoms with E-state index in [-0.39, 0.29) is 0 Å². The highest BCUT2D eigenvalue weighted by atomic mass is 16.7. The normalized spacial score (nSPS) is 9.00. The molecule has 0 heterocycles. The summed E-state index contributed by atoms with van der Waals surface area (Å²) < 4.78 is 14.3. The predicted molar refractivity (Wildman–Crippen MR) is 34.0 cm³/mol. The van der Waals surface area contributed by atoms with Crippen molar-refractivity contribution in [2.75, 3.05) is 27.1 Å². The first-order chi connectivity index (χ1) is 4.41. The van der Waals surface area contributed by atoms with E-state index < -0.39 is 0 Å². The van der Waals surface area contributed by atoms with Gasteiger partial charge >= 0.3 is 0 Å². The van der Waals surface area contributed by atoms with Crippen LogP contribution in [0.5, 0.6) is 0 Å². The molecule has 0 saturated heterocycles. The smallest absolute Gasteiger partial charge is 0.146 e. The highest BCUT2D eigenvalue weighted by Gasteiger charge is 1.82. The summed E-state index contributed by atoms with van der Waals surface area (Å²) in [4.78, 5) is 0. The molecular formula is C6H12O3. The van der Waals surface area contributed by atoms with Crippen molar-refractivity contribution < 1.29 is 14.2 Å². The van der Waals surface area contributed by atoms with E-state index in [0.717, 1.165) is 0 Å². The van der Waals surface area contributed by atoms with E-state index in [1.165, 1.54) is 6.26 Å². The highest BCUT2D eigenvalue weighted by molar-refractivity contribution is 4.47. The first-order valence-corrected chi connectivity index (χ1v) is 2.71. The van der Waals surface area contributed by atoms with E-state index in [0.29, 0.717) is 20.0 Å². The van der Waals surface area contributed by atoms with Crippen LogP contribution in [0, 0.1) is 0 Å². The van der Waals surface area contributed by atoms with Gasteiger partial charge in [0.1, 0.15) is 13.4 Å². The van der Waals surface area contributed by atoms with Crippen LogP contribution in [0.2, 0.25) is 0 Å². The van der Waals surface area contributed by atoms with Gasteiger partial charge in [-0.3, -0.25) is 0 Å². The minimum absolute atomic E-state index is 0.320. The average molecular weight is 132 g/mol. The Morgan fingerprint density at radius 3 is 2.78 bits per heavy atom. The molecule has 0 amide bonds. The van der Waals surface area contributed by atoms with Gasteiger partial charge in [-0.25, -0.2) is 0 Å². The van der Waals surface area contributed by atoms with Crippen LogP contribution in [-0.4, -0.2) is 27.1 Å². The molecule has 3 heteroatoms. The van der Waals surface area contributed by atoms with Crippen molar-refractivity contribution in [1.82, 2.24) is 0 Å². The second-order valence-corrected chi connectivity index (χ2v) is 1.35. The summed E-state index contributed by atoms with van der Waals surface area (Å²) in [5.74, 6) is 0. The standard InChI is InChI=1S/C6H12O3/c1-3-8-4-5-9-6-7-2/h3H,1,4-6H2,2H3. The van der Waals surface area contributed by atoms with Crippen LogP contribution < -0.4 is 0 Å². The Morgan fingerprint density at radius 2 is 2.22 bits per heavy atom. The van der Waals surface area contributed by atoms with Crippen LogP contribution in [0.3, 0.4) is 0 Å². The summed E-state index contributed by atoms with van der Waals surface area (Å²) >= 11 is 0. The lowest BCUT2D eigenvalue weighted by Crippen LogP contribution is -2.03. The number of hydrogen-bond acceptors (Lipinski definition) is 3. The molecule has 0 unspecified atom stereocenters. The monoisotopic (exact) mass is 132 g/mol. The van der Waals surface area contributed by atoms with Gasteiger partial charge in [0.25, 0.3) is 0 Å². The molecule has 0 atom stereocenters. The van der Waals surface area contributed by atoms with Gasteiger partial charge in [-0.15, -0.1) is 0 Å². The summed E-state index contributed by atoms with van der Waals surface area (Å²) in [5, 5.41) is 0. The zero-order valence-electron chi connectivity index (χ0n) is 5.63. The maximum atomic E-state index is 4.89. The number of methoxy groups -OCH3 is 1. The topological polar surface area (TPSA) is 27.7 Å². The molecule has 0 N–H and O–H groups in total. The molecule has 54 valence electrons. The zero-order valence-corrected chi connectivity index (χ0v) is 5.63. The zero-order chi connectivity index (χ0) is 6.95. The third-order valence-electron chi connectivity index (χ3n) is 0.665. The Labute approximate surface area is 55.2 Å². The second-order valence-electron chi connectivity index (χ2n) is 1.35. The van der Waals surface area contributed by atoms with Crippen LogP contribution >= 0.6 is 0 Å². The van der Waals surface area contributed by atoms with Gasteiger partial charge in [-0.05, 0) is 0 Å². The lowest BCUT2D eigenvalue weighted by molar-refractivity contribution is -0.0424. The minimum atomic E-state index is 0.320. The van der Waals surface area contributed by atoms with Crippen LogP contribution in [0.25, 0.3) is 0 Å². The Kier molecular flexibility index (Phi) is 7.01. The van der Waals surface area contributed by atoms with Crippen LogP contribution in [0.4, 0.5) is 0 Å². The van der Waals surface area contributed by atoms with Gasteiger partial charge in [0, 0.05) is 7.11 Å². The molecule has 0 aromatic rings. The van der Waals surface area contributed by atoms with Crippen molar-refractivity contribution in [3.63, 3.8) is 0 Å². The van der Waals surface area contributed by atoms with Crippen molar-refractivity contribution in [3.05, 3.63) is 12.8 Å². The second kappa shape index (κ2) is 7.46. The average Bonchev–Trinajstić information content (AvgIpc) is 1.89. The lowest BCUT2D eigenvalue weighted by Gasteiger charge is -2.00. The lowest BCUT2D eigenvalue weighted by atomic mass is 10.8. The summed E-state index contributed by atoms with van der Waals surface area (Å²) in [6.07, 6.45) is 1.39. The Morgan fingerprint density at radius 1 is 1.44 bits per heavy atom. The van der Waals surface area contributed by atoms with Crippen LogP contribution in [0.15, 0.2) is 12.8 Å². The van der Waals surface area contributed by atoms with Crippen LogP contribution in [-0.2, 0) is 14.2 Å². The van der Waals surface area contributed by atoms with Gasteiger partial charge in [0.05, 0.1) is 12.9 Å². The van der Waals surface area contributed by atoms with Gasteiger partial charge in [0.15, 0.2) is 0 Å². The summed E-state index contributed by atoms with van der Waals surface area (Å²) in [7, 11) is 1.58. The number of ether oxygens (including phenoxy) is 3. The van der Waals surface area contributed by atoms with Gasteiger partial charge < -0.3 is 14.2 Å². The predicted octanol–water partition coefficient (Wildman–Crippen LogP) is 0.767. The Balaban J connectivity index is 2.66. The van der Waals surface area contributed by atoms with Gasteiger partial charge in [-0.1, -0.05) is 6.58 Å². The van der Waals surface area contributed by atoms with E-state index in [1.54, 1.807) is 7.11 Å². The SMILES string of the molecule is C=COCCOCOC. The fourth-order valence-electron chi connectivity index (χ4n) is 0.333. The fraction of sp³-hybridized carbons (Fsp3) is 0.667. The molecule has 0 aliphatic carbocycles. The molecule has 0 saturated carbocycles. The maximum absolute atomic E-state index is 4.89. The Hall–Kier alpha value is -0.540. The van der Waals surface area contributed by atoms with E-state index in [4.69, 9.17) is 9.47 Å². The molecule has 0 aliphatic heterocycles. The molecule has 0 spiro atoms. The molecule has 0 radical (unpaired) electrons. The van der Waals surface area contributed by atoms with Crippen molar-refractivity contribution in [2.24, 2.45) is 0 Å². The maximum Gasteiger partial charge on any atom is 0.146 e. The van der Waals surface area contributed by atoms with Gasteiger partial charge in [-0.2, -0.15) is 0 Å². The summed E-state index contributed by atoms with van der Waals surface area (Å²) in [6.45, 7) is 4.77. The first-order valence-electron chi connectivity index (χ1n) is 2.71. The van der Waals surface area contributed by atoms with E-state index >= 15 is 0 Å². The Bertz CT molecular complexity index is 63.3. The van der Waals surface area contributed by atoms with Crippen molar-refractivity contribution >= 4 is 0 Å².